The molecule has 3 saturated carbocycles. The summed E-state index contributed by atoms with van der Waals surface area (Å²) in [5.41, 5.74) is 10.7. The van der Waals surface area contributed by atoms with Crippen LogP contribution in [0.15, 0.2) is 18.2 Å². The lowest BCUT2D eigenvalue weighted by molar-refractivity contribution is 0.134. The lowest BCUT2D eigenvalue weighted by Gasteiger charge is -2.17. The highest BCUT2D eigenvalue weighted by Gasteiger charge is 2.66. The van der Waals surface area contributed by atoms with Crippen molar-refractivity contribution in [3.8, 4) is 0 Å². The zero-order chi connectivity index (χ0) is 12.6. The van der Waals surface area contributed by atoms with Gasteiger partial charge >= 0.3 is 0 Å². The molecule has 19 heavy (non-hydrogen) atoms. The van der Waals surface area contributed by atoms with Crippen LogP contribution in [0.4, 0.5) is 0 Å². The first-order chi connectivity index (χ1) is 9.33. The minimum absolute atomic E-state index is 0.268. The maximum atomic E-state index is 6.60. The largest absolute Gasteiger partial charge is 0.372 e. The molecule has 2 bridgehead atoms. The van der Waals surface area contributed by atoms with Crippen molar-refractivity contribution in [1.82, 2.24) is 0 Å². The fraction of sp³-hybridized carbons (Fsp3) is 0.647. The molecule has 2 nitrogen and oxygen atoms in total. The van der Waals surface area contributed by atoms with E-state index < -0.39 is 0 Å². The van der Waals surface area contributed by atoms with Gasteiger partial charge in [-0.15, -0.1) is 0 Å². The second kappa shape index (κ2) is 3.62. The number of nitrogens with two attached hydrogens (primary N) is 1. The summed E-state index contributed by atoms with van der Waals surface area (Å²) in [6.45, 7) is 1.56. The third-order valence-electron chi connectivity index (χ3n) is 6.34. The quantitative estimate of drug-likeness (QED) is 0.881. The molecule has 0 aromatic heterocycles. The Morgan fingerprint density at radius 2 is 1.79 bits per heavy atom. The molecule has 4 aliphatic rings. The van der Waals surface area contributed by atoms with Crippen LogP contribution in [-0.4, -0.2) is 0 Å². The molecule has 1 aromatic carbocycles. The minimum Gasteiger partial charge on any atom is -0.372 e. The normalized spacial score (nSPS) is 43.1. The van der Waals surface area contributed by atoms with Crippen LogP contribution in [0.5, 0.6) is 0 Å². The summed E-state index contributed by atoms with van der Waals surface area (Å²) in [5.74, 6) is 4.76. The van der Waals surface area contributed by atoms with E-state index in [-0.39, 0.29) is 6.04 Å². The molecule has 1 aromatic rings. The molecule has 1 heterocycles. The van der Waals surface area contributed by atoms with E-state index in [4.69, 9.17) is 10.5 Å². The molecule has 2 N–H and O–H groups in total. The zero-order valence-electron chi connectivity index (χ0n) is 11.2. The number of benzene rings is 1. The van der Waals surface area contributed by atoms with Crippen molar-refractivity contribution in [3.05, 3.63) is 34.9 Å². The minimum atomic E-state index is 0.268. The Bertz CT molecular complexity index is 524. The molecular weight excluding hydrogens is 234 g/mol. The number of rotatable bonds is 2. The third-order valence-corrected chi connectivity index (χ3v) is 6.34. The predicted molar refractivity (Wildman–Crippen MR) is 73.2 cm³/mol. The second-order valence-electron chi connectivity index (χ2n) is 7.11. The first-order valence-corrected chi connectivity index (χ1v) is 7.78. The van der Waals surface area contributed by atoms with Crippen LogP contribution in [0, 0.1) is 29.6 Å². The Labute approximate surface area is 114 Å². The molecule has 0 radical (unpaired) electrons. The van der Waals surface area contributed by atoms with Crippen molar-refractivity contribution in [3.63, 3.8) is 0 Å². The summed E-state index contributed by atoms with van der Waals surface area (Å²) in [7, 11) is 0. The summed E-state index contributed by atoms with van der Waals surface area (Å²) in [6.07, 6.45) is 4.47. The van der Waals surface area contributed by atoms with E-state index in [1.807, 2.05) is 0 Å². The van der Waals surface area contributed by atoms with Gasteiger partial charge in [-0.05, 0) is 65.5 Å². The average molecular weight is 255 g/mol. The molecule has 5 rings (SSSR count). The van der Waals surface area contributed by atoms with E-state index >= 15 is 0 Å². The zero-order valence-corrected chi connectivity index (χ0v) is 11.2. The fourth-order valence-corrected chi connectivity index (χ4v) is 5.49. The Kier molecular flexibility index (Phi) is 2.07. The highest BCUT2D eigenvalue weighted by atomic mass is 16.5. The lowest BCUT2D eigenvalue weighted by atomic mass is 9.92. The maximum absolute atomic E-state index is 6.60. The lowest BCUT2D eigenvalue weighted by Crippen LogP contribution is -2.17. The Balaban J connectivity index is 1.42. The van der Waals surface area contributed by atoms with Crippen molar-refractivity contribution in [2.75, 3.05) is 0 Å². The molecule has 0 spiro atoms. The maximum Gasteiger partial charge on any atom is 0.0725 e. The summed E-state index contributed by atoms with van der Waals surface area (Å²) >= 11 is 0. The van der Waals surface area contributed by atoms with Gasteiger partial charge in [0.2, 0.25) is 0 Å². The van der Waals surface area contributed by atoms with Crippen LogP contribution < -0.4 is 5.73 Å². The highest BCUT2D eigenvalue weighted by molar-refractivity contribution is 5.36. The van der Waals surface area contributed by atoms with E-state index in [0.717, 1.165) is 42.8 Å². The molecule has 0 amide bonds. The van der Waals surface area contributed by atoms with E-state index in [0.29, 0.717) is 0 Å². The van der Waals surface area contributed by atoms with Gasteiger partial charge < -0.3 is 10.5 Å². The Morgan fingerprint density at radius 3 is 2.58 bits per heavy atom. The Hall–Kier alpha value is -0.860. The van der Waals surface area contributed by atoms with Crippen molar-refractivity contribution < 1.29 is 4.74 Å². The number of fused-ring (bicyclic) bond motifs is 6. The topological polar surface area (TPSA) is 35.2 Å². The van der Waals surface area contributed by atoms with E-state index in [1.165, 1.54) is 36.0 Å². The molecular formula is C17H21NO. The summed E-state index contributed by atoms with van der Waals surface area (Å²) in [4.78, 5) is 0. The van der Waals surface area contributed by atoms with Crippen LogP contribution in [0.2, 0.25) is 0 Å². The van der Waals surface area contributed by atoms with Crippen LogP contribution in [0.1, 0.15) is 42.0 Å². The number of hydrogen-bond acceptors (Lipinski definition) is 2. The summed E-state index contributed by atoms with van der Waals surface area (Å²) in [6, 6.07) is 7.05. The van der Waals surface area contributed by atoms with Gasteiger partial charge in [0.15, 0.2) is 0 Å². The molecule has 100 valence electrons. The van der Waals surface area contributed by atoms with E-state index in [9.17, 15) is 0 Å². The molecule has 3 aliphatic carbocycles. The molecule has 0 saturated heterocycles. The highest BCUT2D eigenvalue weighted by Crippen LogP contribution is 2.71. The van der Waals surface area contributed by atoms with Crippen LogP contribution in [0.25, 0.3) is 0 Å². The summed E-state index contributed by atoms with van der Waals surface area (Å²) < 4.78 is 5.50. The number of ether oxygens (including phenoxy) is 1. The fourth-order valence-electron chi connectivity index (χ4n) is 5.49. The standard InChI is InChI=1S/C17H21NO/c18-17(11-3-4-12-7-19-8-13(12)6-11)16-14-9-1-2-10(5-9)15(14)16/h3-4,6,9-10,14-17H,1-2,5,7-8,18H2. The SMILES string of the molecule is NC(c1ccc2c(c1)COC2)C1C2C3CCC(C3)C21. The Morgan fingerprint density at radius 1 is 1.05 bits per heavy atom. The molecule has 2 heteroatoms. The monoisotopic (exact) mass is 255 g/mol. The van der Waals surface area contributed by atoms with E-state index in [1.54, 1.807) is 0 Å². The van der Waals surface area contributed by atoms with Crippen molar-refractivity contribution in [1.29, 1.82) is 0 Å². The predicted octanol–water partition coefficient (Wildman–Crippen LogP) is 3.01. The molecule has 5 atom stereocenters. The second-order valence-corrected chi connectivity index (χ2v) is 7.11. The third kappa shape index (κ3) is 1.39. The smallest absolute Gasteiger partial charge is 0.0725 e. The first kappa shape index (κ1) is 10.9. The molecule has 3 fully saturated rings. The van der Waals surface area contributed by atoms with Crippen LogP contribution in [-0.2, 0) is 18.0 Å². The van der Waals surface area contributed by atoms with Crippen molar-refractivity contribution in [2.45, 2.75) is 38.5 Å². The van der Waals surface area contributed by atoms with E-state index in [2.05, 4.69) is 18.2 Å². The molecule has 1 aliphatic heterocycles. The first-order valence-electron chi connectivity index (χ1n) is 7.78. The van der Waals surface area contributed by atoms with Gasteiger partial charge in [-0.1, -0.05) is 18.2 Å². The molecule has 5 unspecified atom stereocenters. The van der Waals surface area contributed by atoms with Crippen LogP contribution in [0.3, 0.4) is 0 Å². The average Bonchev–Trinajstić information content (AvgIpc) is 2.84. The van der Waals surface area contributed by atoms with Gasteiger partial charge in [0.1, 0.15) is 0 Å². The van der Waals surface area contributed by atoms with Crippen molar-refractivity contribution in [2.24, 2.45) is 35.3 Å². The van der Waals surface area contributed by atoms with Gasteiger partial charge in [0.05, 0.1) is 13.2 Å². The van der Waals surface area contributed by atoms with Gasteiger partial charge in [-0.3, -0.25) is 0 Å². The van der Waals surface area contributed by atoms with Gasteiger partial charge in [-0.25, -0.2) is 0 Å². The van der Waals surface area contributed by atoms with Gasteiger partial charge in [-0.2, -0.15) is 0 Å². The van der Waals surface area contributed by atoms with Gasteiger partial charge in [0.25, 0.3) is 0 Å². The van der Waals surface area contributed by atoms with Crippen LogP contribution >= 0.6 is 0 Å². The van der Waals surface area contributed by atoms with Gasteiger partial charge in [0, 0.05) is 6.04 Å². The summed E-state index contributed by atoms with van der Waals surface area (Å²) in [5, 5.41) is 0. The van der Waals surface area contributed by atoms with Crippen molar-refractivity contribution >= 4 is 0 Å². The number of hydrogen-bond donors (Lipinski definition) is 1.